The largest absolute Gasteiger partial charge is 0.338 e. The topological polar surface area (TPSA) is 41.1 Å². The zero-order valence-corrected chi connectivity index (χ0v) is 13.8. The molecule has 2 aromatic rings. The van der Waals surface area contributed by atoms with E-state index in [9.17, 15) is 9.18 Å². The van der Waals surface area contributed by atoms with Gasteiger partial charge in [-0.05, 0) is 35.6 Å². The number of rotatable bonds is 8. The molecular weight excluding hydrogens is 319 g/mol. The van der Waals surface area contributed by atoms with Gasteiger partial charge in [0.2, 0.25) is 0 Å². The molecule has 0 bridgehead atoms. The van der Waals surface area contributed by atoms with Crippen molar-refractivity contribution < 1.29 is 9.18 Å². The number of carbonyl (C=O) groups is 1. The molecule has 1 heterocycles. The molecule has 0 saturated heterocycles. The summed E-state index contributed by atoms with van der Waals surface area (Å²) < 4.78 is 13.0. The Balaban J connectivity index is 1.51. The van der Waals surface area contributed by atoms with Crippen LogP contribution in [0.3, 0.4) is 0 Å². The molecule has 0 atom stereocenters. The summed E-state index contributed by atoms with van der Waals surface area (Å²) in [5.74, 6) is 1.63. The minimum absolute atomic E-state index is 0.173. The Bertz CT molecular complexity index is 575. The van der Waals surface area contributed by atoms with E-state index in [2.05, 4.69) is 22.1 Å². The maximum Gasteiger partial charge on any atom is 0.314 e. The first-order valence-corrected chi connectivity index (χ1v) is 9.14. The predicted molar refractivity (Wildman–Crippen MR) is 92.0 cm³/mol. The summed E-state index contributed by atoms with van der Waals surface area (Å²) in [7, 11) is 0. The van der Waals surface area contributed by atoms with E-state index in [1.807, 2.05) is 12.1 Å². The van der Waals surface area contributed by atoms with Crippen LogP contribution in [0.15, 0.2) is 41.8 Å². The summed E-state index contributed by atoms with van der Waals surface area (Å²) in [5.41, 5.74) is 0.881. The van der Waals surface area contributed by atoms with Gasteiger partial charge >= 0.3 is 6.03 Å². The van der Waals surface area contributed by atoms with E-state index >= 15 is 0 Å². The van der Waals surface area contributed by atoms with E-state index in [0.29, 0.717) is 19.5 Å². The van der Waals surface area contributed by atoms with E-state index in [1.165, 1.54) is 17.0 Å². The lowest BCUT2D eigenvalue weighted by atomic mass is 10.1. The molecule has 0 spiro atoms. The van der Waals surface area contributed by atoms with Gasteiger partial charge in [0, 0.05) is 29.5 Å². The minimum atomic E-state index is -0.246. The Morgan fingerprint density at radius 3 is 2.82 bits per heavy atom. The Kier molecular flexibility index (Phi) is 7.25. The van der Waals surface area contributed by atoms with Gasteiger partial charge in [-0.1, -0.05) is 18.2 Å². The monoisotopic (exact) mass is 338 g/mol. The van der Waals surface area contributed by atoms with E-state index in [-0.39, 0.29) is 11.8 Å². The van der Waals surface area contributed by atoms with Crippen molar-refractivity contribution in [3.05, 3.63) is 58.0 Å². The Labute approximate surface area is 138 Å². The molecule has 1 aromatic heterocycles. The number of carbonyl (C=O) groups excluding carboxylic acids is 1. The molecule has 2 N–H and O–H groups in total. The average molecular weight is 338 g/mol. The normalized spacial score (nSPS) is 10.4. The number of benzene rings is 1. The number of hydrogen-bond acceptors (Lipinski definition) is 3. The third-order valence-corrected chi connectivity index (χ3v) is 5.01. The van der Waals surface area contributed by atoms with E-state index in [4.69, 9.17) is 0 Å². The molecule has 0 unspecified atom stereocenters. The number of hydrogen-bond donors (Lipinski definition) is 2. The SMILES string of the molecule is O=C(NCCSCc1cccs1)NCCc1cccc(F)c1. The maximum atomic E-state index is 13.0. The van der Waals surface area contributed by atoms with Crippen LogP contribution in [0.25, 0.3) is 0 Å². The number of nitrogens with one attached hydrogen (secondary N) is 2. The molecule has 3 nitrogen and oxygen atoms in total. The van der Waals surface area contributed by atoms with Gasteiger partial charge in [0.15, 0.2) is 0 Å². The highest BCUT2D eigenvalue weighted by atomic mass is 32.2. The molecule has 1 aromatic carbocycles. The highest BCUT2D eigenvalue weighted by Crippen LogP contribution is 2.16. The fraction of sp³-hybridized carbons (Fsp3) is 0.312. The van der Waals surface area contributed by atoms with Crippen molar-refractivity contribution in [3.8, 4) is 0 Å². The minimum Gasteiger partial charge on any atom is -0.338 e. The Morgan fingerprint density at radius 1 is 1.18 bits per heavy atom. The van der Waals surface area contributed by atoms with Crippen LogP contribution >= 0.6 is 23.1 Å². The van der Waals surface area contributed by atoms with Crippen molar-refractivity contribution in [1.82, 2.24) is 10.6 Å². The van der Waals surface area contributed by atoms with Crippen LogP contribution < -0.4 is 10.6 Å². The lowest BCUT2D eigenvalue weighted by molar-refractivity contribution is 0.241. The lowest BCUT2D eigenvalue weighted by Gasteiger charge is -2.07. The molecule has 0 aliphatic heterocycles. The number of thioether (sulfide) groups is 1. The van der Waals surface area contributed by atoms with E-state index in [1.54, 1.807) is 29.2 Å². The van der Waals surface area contributed by atoms with Crippen LogP contribution in [0.1, 0.15) is 10.4 Å². The first-order valence-electron chi connectivity index (χ1n) is 7.10. The van der Waals surface area contributed by atoms with Crippen molar-refractivity contribution >= 4 is 29.1 Å². The Morgan fingerprint density at radius 2 is 2.05 bits per heavy atom. The first kappa shape index (κ1) is 16.8. The lowest BCUT2D eigenvalue weighted by Crippen LogP contribution is -2.37. The van der Waals surface area contributed by atoms with Gasteiger partial charge in [0.05, 0.1) is 0 Å². The van der Waals surface area contributed by atoms with Gasteiger partial charge in [-0.2, -0.15) is 11.8 Å². The second kappa shape index (κ2) is 9.48. The van der Waals surface area contributed by atoms with Crippen LogP contribution in [0.5, 0.6) is 0 Å². The second-order valence-corrected chi connectivity index (χ2v) is 6.83. The van der Waals surface area contributed by atoms with E-state index in [0.717, 1.165) is 17.1 Å². The number of halogens is 1. The predicted octanol–water partition coefficient (Wildman–Crippen LogP) is 3.66. The van der Waals surface area contributed by atoms with Gasteiger partial charge < -0.3 is 10.6 Å². The summed E-state index contributed by atoms with van der Waals surface area (Å²) >= 11 is 3.55. The second-order valence-electron chi connectivity index (χ2n) is 4.69. The van der Waals surface area contributed by atoms with Crippen LogP contribution in [0, 0.1) is 5.82 Å². The number of amides is 2. The number of urea groups is 1. The van der Waals surface area contributed by atoms with Crippen molar-refractivity contribution in [2.75, 3.05) is 18.8 Å². The van der Waals surface area contributed by atoms with Crippen LogP contribution in [-0.4, -0.2) is 24.9 Å². The quantitative estimate of drug-likeness (QED) is 0.721. The van der Waals surface area contributed by atoms with E-state index < -0.39 is 0 Å². The molecular formula is C16H19FN2OS2. The van der Waals surface area contributed by atoms with Crippen molar-refractivity contribution in [1.29, 1.82) is 0 Å². The summed E-state index contributed by atoms with van der Waals surface area (Å²) in [4.78, 5) is 12.9. The molecule has 22 heavy (non-hydrogen) atoms. The zero-order valence-electron chi connectivity index (χ0n) is 12.2. The third kappa shape index (κ3) is 6.49. The molecule has 2 amide bonds. The third-order valence-electron chi connectivity index (χ3n) is 2.94. The molecule has 0 radical (unpaired) electrons. The summed E-state index contributed by atoms with van der Waals surface area (Å²) in [6.45, 7) is 1.14. The average Bonchev–Trinajstić information content (AvgIpc) is 3.00. The maximum absolute atomic E-state index is 13.0. The molecule has 0 fully saturated rings. The van der Waals surface area contributed by atoms with Gasteiger partial charge in [0.1, 0.15) is 5.82 Å². The smallest absolute Gasteiger partial charge is 0.314 e. The zero-order chi connectivity index (χ0) is 15.6. The molecule has 0 saturated carbocycles. The van der Waals surface area contributed by atoms with Crippen molar-refractivity contribution in [3.63, 3.8) is 0 Å². The fourth-order valence-electron chi connectivity index (χ4n) is 1.88. The van der Waals surface area contributed by atoms with Gasteiger partial charge in [-0.15, -0.1) is 11.3 Å². The standard InChI is InChI=1S/C16H19FN2OS2/c17-14-4-1-3-13(11-14)6-7-18-16(20)19-8-10-21-12-15-5-2-9-22-15/h1-5,9,11H,6-8,10,12H2,(H2,18,19,20). The molecule has 6 heteroatoms. The highest BCUT2D eigenvalue weighted by molar-refractivity contribution is 7.98. The Hall–Kier alpha value is -1.53. The van der Waals surface area contributed by atoms with Crippen LogP contribution in [-0.2, 0) is 12.2 Å². The van der Waals surface area contributed by atoms with Gasteiger partial charge in [-0.25, -0.2) is 9.18 Å². The summed E-state index contributed by atoms with van der Waals surface area (Å²) in [6, 6.07) is 10.4. The van der Waals surface area contributed by atoms with Crippen molar-refractivity contribution in [2.24, 2.45) is 0 Å². The van der Waals surface area contributed by atoms with Gasteiger partial charge in [-0.3, -0.25) is 0 Å². The molecule has 0 aliphatic rings. The molecule has 2 rings (SSSR count). The highest BCUT2D eigenvalue weighted by Gasteiger charge is 2.01. The summed E-state index contributed by atoms with van der Waals surface area (Å²) in [6.07, 6.45) is 0.623. The summed E-state index contributed by atoms with van der Waals surface area (Å²) in [5, 5.41) is 7.66. The first-order chi connectivity index (χ1) is 10.7. The molecule has 118 valence electrons. The van der Waals surface area contributed by atoms with Crippen molar-refractivity contribution in [2.45, 2.75) is 12.2 Å². The van der Waals surface area contributed by atoms with Crippen LogP contribution in [0.2, 0.25) is 0 Å². The number of thiophene rings is 1. The fourth-order valence-corrected chi connectivity index (χ4v) is 3.58. The van der Waals surface area contributed by atoms with Crippen LogP contribution in [0.4, 0.5) is 9.18 Å². The molecule has 0 aliphatic carbocycles. The van der Waals surface area contributed by atoms with Gasteiger partial charge in [0.25, 0.3) is 0 Å².